The molecule has 3 aromatic heterocycles. The van der Waals surface area contributed by atoms with Crippen LogP contribution in [0.25, 0.3) is 105 Å². The Hall–Kier alpha value is -7.11. The molecule has 5 heteroatoms. The highest BCUT2D eigenvalue weighted by molar-refractivity contribution is 6.22. The molecule has 0 fully saturated rings. The van der Waals surface area contributed by atoms with Crippen molar-refractivity contribution in [2.45, 2.75) is 0 Å². The molecule has 0 bridgehead atoms. The number of para-hydroxylation sites is 2. The molecule has 0 aliphatic rings. The summed E-state index contributed by atoms with van der Waals surface area (Å²) in [6, 6.07) is 59.1. The number of rotatable bonds is 4. The zero-order valence-electron chi connectivity index (χ0n) is 27.9. The minimum atomic E-state index is 0.592. The van der Waals surface area contributed by atoms with Crippen molar-refractivity contribution in [1.82, 2.24) is 19.5 Å². The zero-order chi connectivity index (χ0) is 34.2. The average Bonchev–Trinajstić information content (AvgIpc) is 3.76. The number of fused-ring (bicyclic) bond motifs is 9. The van der Waals surface area contributed by atoms with E-state index in [9.17, 15) is 0 Å². The van der Waals surface area contributed by atoms with Crippen molar-refractivity contribution in [3.05, 3.63) is 170 Å². The normalized spacial score (nSPS) is 11.8. The maximum absolute atomic E-state index is 6.84. The van der Waals surface area contributed by atoms with Crippen molar-refractivity contribution in [3.63, 3.8) is 0 Å². The van der Waals surface area contributed by atoms with E-state index in [4.69, 9.17) is 19.4 Å². The molecule has 0 unspecified atom stereocenters. The van der Waals surface area contributed by atoms with E-state index in [0.717, 1.165) is 60.7 Å². The van der Waals surface area contributed by atoms with Gasteiger partial charge in [0.05, 0.1) is 16.7 Å². The topological polar surface area (TPSA) is 56.7 Å². The molecule has 0 spiro atoms. The Labute approximate surface area is 298 Å². The lowest BCUT2D eigenvalue weighted by atomic mass is 10.0. The number of aromatic nitrogens is 4. The summed E-state index contributed by atoms with van der Waals surface area (Å²) in [5.74, 6) is 1.84. The first-order valence-electron chi connectivity index (χ1n) is 17.4. The number of hydrogen-bond donors (Lipinski definition) is 0. The molecule has 5 nitrogen and oxygen atoms in total. The Bertz CT molecular complexity index is 3190. The Morgan fingerprint density at radius 1 is 0.385 bits per heavy atom. The Balaban J connectivity index is 1.11. The van der Waals surface area contributed by atoms with Gasteiger partial charge < -0.3 is 8.98 Å². The van der Waals surface area contributed by atoms with E-state index in [0.29, 0.717) is 17.5 Å². The van der Waals surface area contributed by atoms with Crippen LogP contribution in [0.4, 0.5) is 0 Å². The van der Waals surface area contributed by atoms with E-state index in [1.165, 1.54) is 26.9 Å². The molecular weight excluding hydrogens is 637 g/mol. The van der Waals surface area contributed by atoms with Crippen LogP contribution >= 0.6 is 0 Å². The molecule has 242 valence electrons. The zero-order valence-corrected chi connectivity index (χ0v) is 27.9. The SMILES string of the molecule is c1ccc(-c2nc(-c3ccc4ccccc4c3)nc(-c3ccc4c(c3)oc3c(-n5c6ccccc6c6c7ccccc7ccc65)cccc34)n2)cc1. The van der Waals surface area contributed by atoms with Crippen molar-refractivity contribution in [1.29, 1.82) is 0 Å². The van der Waals surface area contributed by atoms with Crippen molar-refractivity contribution in [2.75, 3.05) is 0 Å². The summed E-state index contributed by atoms with van der Waals surface area (Å²) < 4.78 is 9.18. The van der Waals surface area contributed by atoms with E-state index >= 15 is 0 Å². The average molecular weight is 665 g/mol. The van der Waals surface area contributed by atoms with Crippen LogP contribution in [0.3, 0.4) is 0 Å². The fraction of sp³-hybridized carbons (Fsp3) is 0. The van der Waals surface area contributed by atoms with Crippen LogP contribution in [0.5, 0.6) is 0 Å². The molecule has 0 radical (unpaired) electrons. The fourth-order valence-electron chi connectivity index (χ4n) is 7.78. The molecule has 0 aliphatic carbocycles. The second-order valence-electron chi connectivity index (χ2n) is 13.2. The van der Waals surface area contributed by atoms with E-state index in [-0.39, 0.29) is 0 Å². The summed E-state index contributed by atoms with van der Waals surface area (Å²) in [6.45, 7) is 0. The van der Waals surface area contributed by atoms with Gasteiger partial charge in [0, 0.05) is 38.2 Å². The summed E-state index contributed by atoms with van der Waals surface area (Å²) in [5.41, 5.74) is 7.63. The van der Waals surface area contributed by atoms with Crippen LogP contribution in [0.2, 0.25) is 0 Å². The van der Waals surface area contributed by atoms with Gasteiger partial charge >= 0.3 is 0 Å². The Morgan fingerprint density at radius 2 is 1.02 bits per heavy atom. The first-order valence-corrected chi connectivity index (χ1v) is 17.4. The molecule has 0 aliphatic heterocycles. The van der Waals surface area contributed by atoms with Gasteiger partial charge in [-0.05, 0) is 57.9 Å². The fourth-order valence-corrected chi connectivity index (χ4v) is 7.78. The van der Waals surface area contributed by atoms with Crippen LogP contribution < -0.4 is 0 Å². The second-order valence-corrected chi connectivity index (χ2v) is 13.2. The Morgan fingerprint density at radius 3 is 1.87 bits per heavy atom. The minimum absolute atomic E-state index is 0.592. The first-order chi connectivity index (χ1) is 25.8. The van der Waals surface area contributed by atoms with Crippen molar-refractivity contribution in [3.8, 4) is 39.9 Å². The molecule has 0 saturated heterocycles. The van der Waals surface area contributed by atoms with Crippen LogP contribution in [0, 0.1) is 0 Å². The van der Waals surface area contributed by atoms with Gasteiger partial charge in [0.25, 0.3) is 0 Å². The van der Waals surface area contributed by atoms with E-state index < -0.39 is 0 Å². The highest BCUT2D eigenvalue weighted by Crippen LogP contribution is 2.41. The number of furan rings is 1. The third-order valence-electron chi connectivity index (χ3n) is 10.2. The number of hydrogen-bond acceptors (Lipinski definition) is 4. The van der Waals surface area contributed by atoms with Crippen LogP contribution in [-0.4, -0.2) is 19.5 Å². The number of benzene rings is 8. The quantitative estimate of drug-likeness (QED) is 0.188. The van der Waals surface area contributed by atoms with E-state index in [1.54, 1.807) is 0 Å². The summed E-state index contributed by atoms with van der Waals surface area (Å²) in [5, 5.41) is 9.34. The van der Waals surface area contributed by atoms with Gasteiger partial charge in [0.15, 0.2) is 23.1 Å². The third-order valence-corrected chi connectivity index (χ3v) is 10.2. The molecular formula is C47H28N4O. The van der Waals surface area contributed by atoms with Crippen LogP contribution in [-0.2, 0) is 0 Å². The standard InChI is InChI=1S/C47H28N4O/c1-2-13-31(14-3-1)45-48-46(33-22-21-29-11-4-5-15-32(29)27-33)50-47(49-45)34-23-25-36-37-18-10-20-41(44(37)52-42(36)28-34)51-39-19-9-8-17-38(39)43-35-16-7-6-12-30(35)24-26-40(43)51/h1-28H. The van der Waals surface area contributed by atoms with E-state index in [2.05, 4.69) is 144 Å². The predicted octanol–water partition coefficient (Wildman–Crippen LogP) is 12.2. The highest BCUT2D eigenvalue weighted by Gasteiger charge is 2.20. The molecule has 52 heavy (non-hydrogen) atoms. The molecule has 11 aromatic rings. The summed E-state index contributed by atoms with van der Waals surface area (Å²) in [4.78, 5) is 15.0. The summed E-state index contributed by atoms with van der Waals surface area (Å²) >= 11 is 0. The van der Waals surface area contributed by atoms with Crippen molar-refractivity contribution in [2.24, 2.45) is 0 Å². The van der Waals surface area contributed by atoms with Gasteiger partial charge in [-0.15, -0.1) is 0 Å². The highest BCUT2D eigenvalue weighted by atomic mass is 16.3. The largest absolute Gasteiger partial charge is 0.454 e. The van der Waals surface area contributed by atoms with E-state index in [1.807, 2.05) is 30.3 Å². The van der Waals surface area contributed by atoms with Crippen LogP contribution in [0.1, 0.15) is 0 Å². The lowest BCUT2D eigenvalue weighted by molar-refractivity contribution is 0.666. The van der Waals surface area contributed by atoms with Gasteiger partial charge in [-0.3, -0.25) is 0 Å². The molecule has 3 heterocycles. The maximum Gasteiger partial charge on any atom is 0.164 e. The molecule has 11 rings (SSSR count). The van der Waals surface area contributed by atoms with Gasteiger partial charge in [-0.2, -0.15) is 0 Å². The predicted molar refractivity (Wildman–Crippen MR) is 213 cm³/mol. The smallest absolute Gasteiger partial charge is 0.164 e. The van der Waals surface area contributed by atoms with Crippen molar-refractivity contribution >= 4 is 65.3 Å². The molecule has 0 N–H and O–H groups in total. The summed E-state index contributed by atoms with van der Waals surface area (Å²) in [7, 11) is 0. The minimum Gasteiger partial charge on any atom is -0.454 e. The maximum atomic E-state index is 6.84. The third kappa shape index (κ3) is 4.39. The lowest BCUT2D eigenvalue weighted by Gasteiger charge is -2.09. The van der Waals surface area contributed by atoms with Gasteiger partial charge in [0.1, 0.15) is 5.58 Å². The van der Waals surface area contributed by atoms with Crippen LogP contribution in [0.15, 0.2) is 174 Å². The van der Waals surface area contributed by atoms with Crippen molar-refractivity contribution < 1.29 is 4.42 Å². The van der Waals surface area contributed by atoms with Gasteiger partial charge in [0.2, 0.25) is 0 Å². The number of nitrogens with zero attached hydrogens (tertiary/aromatic N) is 4. The molecule has 8 aromatic carbocycles. The molecule has 0 saturated carbocycles. The second kappa shape index (κ2) is 11.2. The van der Waals surface area contributed by atoms with Gasteiger partial charge in [-0.25, -0.2) is 15.0 Å². The summed E-state index contributed by atoms with van der Waals surface area (Å²) in [6.07, 6.45) is 0. The van der Waals surface area contributed by atoms with Gasteiger partial charge in [-0.1, -0.05) is 133 Å². The first kappa shape index (κ1) is 28.7. The monoisotopic (exact) mass is 664 g/mol. The molecule has 0 amide bonds. The lowest BCUT2D eigenvalue weighted by Crippen LogP contribution is -2.00. The Kier molecular flexibility index (Phi) is 6.18. The molecule has 0 atom stereocenters.